The molecule has 0 heterocycles. The first-order valence-corrected chi connectivity index (χ1v) is 11.2. The zero-order valence-corrected chi connectivity index (χ0v) is 19.6. The van der Waals surface area contributed by atoms with Gasteiger partial charge in [-0.05, 0) is 34.7 Å². The number of hydrogen-bond donors (Lipinski definition) is 2. The Kier molecular flexibility index (Phi) is 8.34. The molecule has 0 bridgehead atoms. The summed E-state index contributed by atoms with van der Waals surface area (Å²) in [4.78, 5) is 26.2. The molecule has 164 valence electrons. The monoisotopic (exact) mass is 491 g/mol. The van der Waals surface area contributed by atoms with Crippen LogP contribution in [-0.4, -0.2) is 24.1 Å². The molecule has 0 radical (unpaired) electrons. The third kappa shape index (κ3) is 6.37. The Morgan fingerprint density at radius 3 is 1.84 bits per heavy atom. The van der Waals surface area contributed by atoms with E-state index < -0.39 is 12.0 Å². The van der Waals surface area contributed by atoms with Crippen LogP contribution in [0.1, 0.15) is 36.5 Å². The molecular weight excluding hydrogens is 466 g/mol. The van der Waals surface area contributed by atoms with E-state index in [4.69, 9.17) is 0 Å². The first kappa shape index (κ1) is 23.4. The number of carbonyl (C=O) groups excluding carboxylic acids is 2. The summed E-state index contributed by atoms with van der Waals surface area (Å²) in [7, 11) is 0. The zero-order chi connectivity index (χ0) is 22.9. The van der Waals surface area contributed by atoms with Crippen LogP contribution < -0.4 is 10.7 Å². The minimum Gasteiger partial charge on any atom is -0.343 e. The highest BCUT2D eigenvalue weighted by atomic mass is 79.9. The molecule has 3 aromatic carbocycles. The molecule has 0 saturated heterocycles. The molecule has 2 N–H and O–H groups in total. The highest BCUT2D eigenvalue weighted by Gasteiger charge is 2.29. The van der Waals surface area contributed by atoms with Crippen molar-refractivity contribution in [3.8, 4) is 0 Å². The van der Waals surface area contributed by atoms with E-state index in [2.05, 4.69) is 31.8 Å². The number of halogens is 1. The molecule has 0 saturated carbocycles. The molecule has 5 nitrogen and oxygen atoms in total. The van der Waals surface area contributed by atoms with Crippen LogP contribution in [0.2, 0.25) is 0 Å². The number of hydrogen-bond acceptors (Lipinski definition) is 3. The van der Waals surface area contributed by atoms with E-state index in [1.807, 2.05) is 98.8 Å². The van der Waals surface area contributed by atoms with Crippen molar-refractivity contribution in [2.24, 2.45) is 11.0 Å². The smallest absolute Gasteiger partial charge is 0.262 e. The van der Waals surface area contributed by atoms with E-state index in [1.165, 1.54) is 0 Å². The molecule has 3 rings (SSSR count). The number of hydrazone groups is 1. The van der Waals surface area contributed by atoms with Crippen LogP contribution in [0.15, 0.2) is 94.5 Å². The first-order chi connectivity index (χ1) is 15.5. The highest BCUT2D eigenvalue weighted by molar-refractivity contribution is 9.10. The van der Waals surface area contributed by atoms with Crippen LogP contribution in [0.25, 0.3) is 0 Å². The van der Waals surface area contributed by atoms with E-state index in [-0.39, 0.29) is 17.7 Å². The van der Waals surface area contributed by atoms with E-state index in [1.54, 1.807) is 6.21 Å². The van der Waals surface area contributed by atoms with Crippen LogP contribution in [0.4, 0.5) is 0 Å². The summed E-state index contributed by atoms with van der Waals surface area (Å²) in [5.74, 6) is -1.22. The molecule has 1 atom stereocenters. The Morgan fingerprint density at radius 2 is 1.34 bits per heavy atom. The molecule has 6 heteroatoms. The third-order valence-corrected chi connectivity index (χ3v) is 5.56. The van der Waals surface area contributed by atoms with E-state index in [0.29, 0.717) is 0 Å². The standard InChI is InChI=1S/C26H26BrN3O2/c1-18(2)24(26(32)30-28-17-19-13-15-22(27)16-14-19)29-25(31)23(20-9-5-3-6-10-20)21-11-7-4-8-12-21/h3-18,23-24H,1-2H3,(H,29,31)(H,30,32). The lowest BCUT2D eigenvalue weighted by atomic mass is 9.89. The van der Waals surface area contributed by atoms with Crippen molar-refractivity contribution < 1.29 is 9.59 Å². The van der Waals surface area contributed by atoms with Gasteiger partial charge in [-0.2, -0.15) is 5.10 Å². The van der Waals surface area contributed by atoms with E-state index >= 15 is 0 Å². The molecule has 0 aliphatic heterocycles. The number of carbonyl (C=O) groups is 2. The Bertz CT molecular complexity index is 1010. The first-order valence-electron chi connectivity index (χ1n) is 10.4. The fourth-order valence-electron chi connectivity index (χ4n) is 3.35. The lowest BCUT2D eigenvalue weighted by Gasteiger charge is -2.24. The highest BCUT2D eigenvalue weighted by Crippen LogP contribution is 2.25. The number of nitrogens with one attached hydrogen (secondary N) is 2. The summed E-state index contributed by atoms with van der Waals surface area (Å²) in [6.45, 7) is 3.78. The average molecular weight is 492 g/mol. The zero-order valence-electron chi connectivity index (χ0n) is 18.0. The lowest BCUT2D eigenvalue weighted by molar-refractivity contribution is -0.130. The van der Waals surface area contributed by atoms with Gasteiger partial charge in [-0.3, -0.25) is 9.59 Å². The molecule has 0 fully saturated rings. The molecule has 2 amide bonds. The second kappa shape index (κ2) is 11.4. The van der Waals surface area contributed by atoms with Crippen molar-refractivity contribution in [2.45, 2.75) is 25.8 Å². The maximum atomic E-state index is 13.4. The Hall–Kier alpha value is -3.25. The number of benzene rings is 3. The van der Waals surface area contributed by atoms with Crippen LogP contribution in [0.5, 0.6) is 0 Å². The molecule has 1 unspecified atom stereocenters. The normalized spacial score (nSPS) is 12.2. The van der Waals surface area contributed by atoms with Gasteiger partial charge < -0.3 is 5.32 Å². The van der Waals surface area contributed by atoms with Gasteiger partial charge in [-0.25, -0.2) is 5.43 Å². The third-order valence-electron chi connectivity index (χ3n) is 5.03. The summed E-state index contributed by atoms with van der Waals surface area (Å²) in [5.41, 5.74) is 5.14. The van der Waals surface area contributed by atoms with Crippen LogP contribution >= 0.6 is 15.9 Å². The number of nitrogens with zero attached hydrogens (tertiary/aromatic N) is 1. The van der Waals surface area contributed by atoms with Gasteiger partial charge in [0.05, 0.1) is 12.1 Å². The summed E-state index contributed by atoms with van der Waals surface area (Å²) >= 11 is 3.39. The molecule has 0 spiro atoms. The number of amides is 2. The quantitative estimate of drug-likeness (QED) is 0.348. The fraction of sp³-hybridized carbons (Fsp3) is 0.192. The van der Waals surface area contributed by atoms with Gasteiger partial charge in [-0.1, -0.05) is 103 Å². The summed E-state index contributed by atoms with van der Waals surface area (Å²) in [6, 6.07) is 26.0. The van der Waals surface area contributed by atoms with Gasteiger partial charge in [0.25, 0.3) is 5.91 Å². The van der Waals surface area contributed by atoms with E-state index in [0.717, 1.165) is 21.2 Å². The van der Waals surface area contributed by atoms with Crippen molar-refractivity contribution in [1.29, 1.82) is 0 Å². The second-order valence-electron chi connectivity index (χ2n) is 7.77. The van der Waals surface area contributed by atoms with E-state index in [9.17, 15) is 9.59 Å². The lowest BCUT2D eigenvalue weighted by Crippen LogP contribution is -2.50. The molecule has 3 aromatic rings. The topological polar surface area (TPSA) is 70.6 Å². The average Bonchev–Trinajstić information content (AvgIpc) is 2.80. The van der Waals surface area contributed by atoms with Crippen molar-refractivity contribution >= 4 is 34.0 Å². The minimum atomic E-state index is -0.723. The maximum absolute atomic E-state index is 13.4. The Labute approximate surface area is 197 Å². The van der Waals surface area contributed by atoms with Crippen LogP contribution in [-0.2, 0) is 9.59 Å². The SMILES string of the molecule is CC(C)C(NC(=O)C(c1ccccc1)c1ccccc1)C(=O)NN=Cc1ccc(Br)cc1. The van der Waals surface area contributed by atoms with Crippen LogP contribution in [0.3, 0.4) is 0 Å². The molecule has 32 heavy (non-hydrogen) atoms. The van der Waals surface area contributed by atoms with Gasteiger partial charge in [0.15, 0.2) is 0 Å². The molecule has 0 aliphatic rings. The summed E-state index contributed by atoms with van der Waals surface area (Å²) < 4.78 is 0.965. The van der Waals surface area contributed by atoms with Crippen molar-refractivity contribution in [2.75, 3.05) is 0 Å². The molecular formula is C26H26BrN3O2. The van der Waals surface area contributed by atoms with Gasteiger partial charge in [-0.15, -0.1) is 0 Å². The minimum absolute atomic E-state index is 0.117. The largest absolute Gasteiger partial charge is 0.343 e. The van der Waals surface area contributed by atoms with Crippen molar-refractivity contribution in [1.82, 2.24) is 10.7 Å². The predicted octanol–water partition coefficient (Wildman–Crippen LogP) is 4.87. The Morgan fingerprint density at radius 1 is 0.812 bits per heavy atom. The van der Waals surface area contributed by atoms with Gasteiger partial charge in [0.2, 0.25) is 5.91 Å². The van der Waals surface area contributed by atoms with Crippen molar-refractivity contribution in [3.05, 3.63) is 106 Å². The molecule has 0 aliphatic carbocycles. The maximum Gasteiger partial charge on any atom is 0.262 e. The Balaban J connectivity index is 1.75. The predicted molar refractivity (Wildman–Crippen MR) is 131 cm³/mol. The number of rotatable bonds is 8. The second-order valence-corrected chi connectivity index (χ2v) is 8.69. The van der Waals surface area contributed by atoms with Crippen LogP contribution in [0, 0.1) is 5.92 Å². The van der Waals surface area contributed by atoms with Gasteiger partial charge in [0.1, 0.15) is 6.04 Å². The molecule has 0 aromatic heterocycles. The van der Waals surface area contributed by atoms with Crippen molar-refractivity contribution in [3.63, 3.8) is 0 Å². The summed E-state index contributed by atoms with van der Waals surface area (Å²) in [6.07, 6.45) is 1.57. The van der Waals surface area contributed by atoms with Gasteiger partial charge in [0, 0.05) is 4.47 Å². The fourth-order valence-corrected chi connectivity index (χ4v) is 3.61. The summed E-state index contributed by atoms with van der Waals surface area (Å²) in [5, 5.41) is 6.99. The van der Waals surface area contributed by atoms with Gasteiger partial charge >= 0.3 is 0 Å².